The number of imidazole rings is 1. The van der Waals surface area contributed by atoms with Crippen molar-refractivity contribution in [1.29, 1.82) is 0 Å². The highest BCUT2D eigenvalue weighted by molar-refractivity contribution is 5.82. The van der Waals surface area contributed by atoms with Crippen LogP contribution in [0.3, 0.4) is 0 Å². The highest BCUT2D eigenvalue weighted by atomic mass is 15.4. The van der Waals surface area contributed by atoms with E-state index < -0.39 is 0 Å². The van der Waals surface area contributed by atoms with Crippen LogP contribution in [-0.2, 0) is 6.54 Å². The van der Waals surface area contributed by atoms with Crippen LogP contribution < -0.4 is 9.80 Å². The Labute approximate surface area is 148 Å². The van der Waals surface area contributed by atoms with Gasteiger partial charge in [0.25, 0.3) is 0 Å². The Morgan fingerprint density at radius 1 is 1.04 bits per heavy atom. The molecule has 2 aliphatic rings. The summed E-state index contributed by atoms with van der Waals surface area (Å²) < 4.78 is 2.24. The van der Waals surface area contributed by atoms with E-state index >= 15 is 0 Å². The summed E-state index contributed by atoms with van der Waals surface area (Å²) in [6.07, 6.45) is 4.62. The third-order valence-corrected chi connectivity index (χ3v) is 5.58. The lowest BCUT2D eigenvalue weighted by Gasteiger charge is -2.15. The molecule has 5 rings (SSSR count). The third-order valence-electron chi connectivity index (χ3n) is 5.58. The molecular formula is C21H22N4. The Hall–Kier alpha value is -2.75. The maximum Gasteiger partial charge on any atom is 0.105 e. The summed E-state index contributed by atoms with van der Waals surface area (Å²) in [5.41, 5.74) is 7.46. The van der Waals surface area contributed by atoms with E-state index in [-0.39, 0.29) is 0 Å². The summed E-state index contributed by atoms with van der Waals surface area (Å²) in [4.78, 5) is 8.90. The fourth-order valence-corrected chi connectivity index (χ4v) is 3.80. The number of aromatic nitrogens is 2. The number of benzene rings is 2. The lowest BCUT2D eigenvalue weighted by Crippen LogP contribution is -2.20. The van der Waals surface area contributed by atoms with E-state index in [1.807, 2.05) is 6.33 Å². The van der Waals surface area contributed by atoms with Crippen molar-refractivity contribution in [1.82, 2.24) is 9.55 Å². The van der Waals surface area contributed by atoms with Crippen molar-refractivity contribution in [2.45, 2.75) is 25.3 Å². The highest BCUT2D eigenvalue weighted by Gasteiger charge is 2.25. The molecule has 3 aromatic rings. The van der Waals surface area contributed by atoms with Crippen LogP contribution in [0.4, 0.5) is 11.4 Å². The largest absolute Gasteiger partial charge is 0.330 e. The Kier molecular flexibility index (Phi) is 2.99. The summed E-state index contributed by atoms with van der Waals surface area (Å²) in [5.74, 6) is 1.78. The second kappa shape index (κ2) is 5.12. The minimum absolute atomic E-state index is 0.770. The van der Waals surface area contributed by atoms with Gasteiger partial charge in [-0.2, -0.15) is 0 Å². The molecule has 0 atom stereocenters. The van der Waals surface area contributed by atoms with E-state index in [9.17, 15) is 0 Å². The van der Waals surface area contributed by atoms with Gasteiger partial charge >= 0.3 is 0 Å². The molecule has 1 aromatic heterocycles. The molecule has 0 saturated heterocycles. The van der Waals surface area contributed by atoms with Crippen LogP contribution in [0.2, 0.25) is 0 Å². The molecule has 25 heavy (non-hydrogen) atoms. The Balaban J connectivity index is 1.48. The quantitative estimate of drug-likeness (QED) is 0.715. The summed E-state index contributed by atoms with van der Waals surface area (Å²) in [5, 5.41) is 0. The van der Waals surface area contributed by atoms with E-state index in [0.717, 1.165) is 23.8 Å². The first-order valence-corrected chi connectivity index (χ1v) is 8.86. The molecule has 0 bridgehead atoms. The van der Waals surface area contributed by atoms with Crippen LogP contribution in [0.25, 0.3) is 11.0 Å². The summed E-state index contributed by atoms with van der Waals surface area (Å²) in [6, 6.07) is 13.4. The van der Waals surface area contributed by atoms with Crippen LogP contribution in [0, 0.1) is 0 Å². The molecule has 0 spiro atoms. The number of rotatable bonds is 3. The normalized spacial score (nSPS) is 16.8. The molecule has 1 aliphatic heterocycles. The smallest absolute Gasteiger partial charge is 0.105 e. The average molecular weight is 330 g/mol. The van der Waals surface area contributed by atoms with Crippen LogP contribution in [-0.4, -0.2) is 23.6 Å². The van der Waals surface area contributed by atoms with Crippen molar-refractivity contribution in [2.24, 2.45) is 0 Å². The molecule has 126 valence electrons. The van der Waals surface area contributed by atoms with Crippen LogP contribution in [0.5, 0.6) is 0 Å². The van der Waals surface area contributed by atoms with Gasteiger partial charge in [0.05, 0.1) is 28.7 Å². The maximum absolute atomic E-state index is 4.63. The fourth-order valence-electron chi connectivity index (χ4n) is 3.80. The lowest BCUT2D eigenvalue weighted by atomic mass is 10.1. The van der Waals surface area contributed by atoms with Crippen LogP contribution in [0.1, 0.15) is 29.9 Å². The number of nitrogens with zero attached hydrogens (tertiary/aromatic N) is 4. The summed E-state index contributed by atoms with van der Waals surface area (Å²) >= 11 is 0. The van der Waals surface area contributed by atoms with Crippen molar-refractivity contribution in [3.8, 4) is 0 Å². The van der Waals surface area contributed by atoms with Gasteiger partial charge in [0.15, 0.2) is 0 Å². The molecule has 2 aromatic carbocycles. The van der Waals surface area contributed by atoms with E-state index in [1.165, 1.54) is 40.9 Å². The zero-order valence-electron chi connectivity index (χ0n) is 14.7. The predicted molar refractivity (Wildman–Crippen MR) is 103 cm³/mol. The molecule has 4 heteroatoms. The summed E-state index contributed by atoms with van der Waals surface area (Å²) in [7, 11) is 4.13. The number of anilines is 2. The standard InChI is InChI=1S/C21H22N4/c1-14-23(2)20-8-4-15(10-21(20)24(14)3)12-25-13-22-18-11-17(16-5-6-16)7-9-19(18)25/h4,7-11,13,16H,1,5-6,12H2,2-3H3. The van der Waals surface area contributed by atoms with Gasteiger partial charge in [-0.25, -0.2) is 4.98 Å². The minimum Gasteiger partial charge on any atom is -0.330 e. The second-order valence-electron chi connectivity index (χ2n) is 7.25. The van der Waals surface area contributed by atoms with Gasteiger partial charge in [-0.3, -0.25) is 0 Å². The molecule has 1 aliphatic carbocycles. The molecule has 0 unspecified atom stereocenters. The van der Waals surface area contributed by atoms with E-state index in [2.05, 4.69) is 76.4 Å². The third kappa shape index (κ3) is 2.24. The monoisotopic (exact) mass is 330 g/mol. The van der Waals surface area contributed by atoms with Crippen molar-refractivity contribution >= 4 is 22.4 Å². The lowest BCUT2D eigenvalue weighted by molar-refractivity contribution is 0.824. The van der Waals surface area contributed by atoms with Crippen LogP contribution in [0.15, 0.2) is 55.1 Å². The van der Waals surface area contributed by atoms with Gasteiger partial charge in [-0.1, -0.05) is 18.7 Å². The Morgan fingerprint density at radius 2 is 1.84 bits per heavy atom. The van der Waals surface area contributed by atoms with Crippen molar-refractivity contribution in [3.63, 3.8) is 0 Å². The van der Waals surface area contributed by atoms with Gasteiger partial charge < -0.3 is 14.4 Å². The van der Waals surface area contributed by atoms with Crippen LogP contribution >= 0.6 is 0 Å². The van der Waals surface area contributed by atoms with E-state index in [1.54, 1.807) is 0 Å². The molecule has 0 amide bonds. The van der Waals surface area contributed by atoms with Crippen molar-refractivity contribution in [3.05, 3.63) is 66.3 Å². The Bertz CT molecular complexity index is 996. The van der Waals surface area contributed by atoms with Crippen molar-refractivity contribution in [2.75, 3.05) is 23.9 Å². The number of hydrogen-bond donors (Lipinski definition) is 0. The molecule has 0 N–H and O–H groups in total. The first-order valence-electron chi connectivity index (χ1n) is 8.86. The molecule has 1 saturated carbocycles. The number of hydrogen-bond acceptors (Lipinski definition) is 3. The summed E-state index contributed by atoms with van der Waals surface area (Å²) in [6.45, 7) is 4.97. The molecular weight excluding hydrogens is 308 g/mol. The number of fused-ring (bicyclic) bond motifs is 2. The second-order valence-corrected chi connectivity index (χ2v) is 7.25. The van der Waals surface area contributed by atoms with Gasteiger partial charge in [-0.05, 0) is 54.2 Å². The van der Waals surface area contributed by atoms with Gasteiger partial charge in [0.1, 0.15) is 5.82 Å². The zero-order chi connectivity index (χ0) is 17.1. The zero-order valence-corrected chi connectivity index (χ0v) is 14.7. The highest BCUT2D eigenvalue weighted by Crippen LogP contribution is 2.41. The van der Waals surface area contributed by atoms with Gasteiger partial charge in [-0.15, -0.1) is 0 Å². The topological polar surface area (TPSA) is 24.3 Å². The molecule has 2 heterocycles. The van der Waals surface area contributed by atoms with E-state index in [4.69, 9.17) is 0 Å². The average Bonchev–Trinajstić information content (AvgIpc) is 3.38. The SMILES string of the molecule is C=C1N(C)c2ccc(Cn3cnc4cc(C5CC5)ccc43)cc2N1C. The molecule has 4 nitrogen and oxygen atoms in total. The first-order chi connectivity index (χ1) is 12.1. The van der Waals surface area contributed by atoms with E-state index in [0.29, 0.717) is 0 Å². The molecule has 0 radical (unpaired) electrons. The van der Waals surface area contributed by atoms with Gasteiger partial charge in [0, 0.05) is 20.6 Å². The predicted octanol–water partition coefficient (Wildman–Crippen LogP) is 4.32. The molecule has 1 fully saturated rings. The van der Waals surface area contributed by atoms with Crippen molar-refractivity contribution < 1.29 is 0 Å². The Morgan fingerprint density at radius 3 is 2.64 bits per heavy atom. The minimum atomic E-state index is 0.770. The fraction of sp³-hybridized carbons (Fsp3) is 0.286. The first kappa shape index (κ1) is 14.6. The maximum atomic E-state index is 4.63. The van der Waals surface area contributed by atoms with Gasteiger partial charge in [0.2, 0.25) is 0 Å².